The Kier molecular flexibility index (Phi) is 2.48. The molecular formula is C14H13N3O. The molecule has 1 aliphatic rings. The largest absolute Gasteiger partial charge is 0.504 e. The van der Waals surface area contributed by atoms with Crippen molar-refractivity contribution in [3.63, 3.8) is 0 Å². The number of aliphatic hydroxyl groups excluding tert-OH is 1. The van der Waals surface area contributed by atoms with Crippen LogP contribution in [0.15, 0.2) is 47.2 Å². The second kappa shape index (κ2) is 4.14. The molecule has 3 rings (SSSR count). The summed E-state index contributed by atoms with van der Waals surface area (Å²) in [5, 5.41) is 10.0. The van der Waals surface area contributed by atoms with Gasteiger partial charge in [-0.25, -0.2) is 4.98 Å². The number of para-hydroxylation sites is 2. The van der Waals surface area contributed by atoms with Crippen molar-refractivity contribution in [2.75, 3.05) is 6.54 Å². The van der Waals surface area contributed by atoms with Gasteiger partial charge in [0.25, 0.3) is 0 Å². The fourth-order valence-electron chi connectivity index (χ4n) is 2.16. The van der Waals surface area contributed by atoms with E-state index in [0.29, 0.717) is 12.2 Å². The average molecular weight is 239 g/mol. The van der Waals surface area contributed by atoms with E-state index in [1.165, 1.54) is 6.21 Å². The lowest BCUT2D eigenvalue weighted by Crippen LogP contribution is -2.01. The molecule has 0 aliphatic carbocycles. The molecule has 90 valence electrons. The van der Waals surface area contributed by atoms with Crippen molar-refractivity contribution in [1.29, 1.82) is 0 Å². The Labute approximate surface area is 105 Å². The maximum atomic E-state index is 10.0. The molecule has 0 unspecified atom stereocenters. The molecule has 0 fully saturated rings. The number of imidazole rings is 1. The van der Waals surface area contributed by atoms with Crippen molar-refractivity contribution < 1.29 is 5.11 Å². The molecule has 0 saturated carbocycles. The van der Waals surface area contributed by atoms with Crippen LogP contribution in [0.4, 0.5) is 0 Å². The molecule has 1 aliphatic heterocycles. The topological polar surface area (TPSA) is 50.4 Å². The van der Waals surface area contributed by atoms with Gasteiger partial charge >= 0.3 is 0 Å². The summed E-state index contributed by atoms with van der Waals surface area (Å²) in [7, 11) is 0. The van der Waals surface area contributed by atoms with E-state index in [-0.39, 0.29) is 5.76 Å². The molecule has 0 saturated heterocycles. The first-order chi connectivity index (χ1) is 8.77. The number of allylic oxidation sites excluding steroid dienone is 3. The Balaban J connectivity index is 2.32. The Morgan fingerprint density at radius 2 is 2.11 bits per heavy atom. The summed E-state index contributed by atoms with van der Waals surface area (Å²) in [5.74, 6) is 1.01. The van der Waals surface area contributed by atoms with E-state index in [4.69, 9.17) is 0 Å². The third kappa shape index (κ3) is 1.62. The van der Waals surface area contributed by atoms with Crippen LogP contribution in [0.3, 0.4) is 0 Å². The van der Waals surface area contributed by atoms with Crippen LogP contribution in [0.1, 0.15) is 5.82 Å². The summed E-state index contributed by atoms with van der Waals surface area (Å²) < 4.78 is 1.94. The van der Waals surface area contributed by atoms with Crippen molar-refractivity contribution in [1.82, 2.24) is 9.55 Å². The smallest absolute Gasteiger partial charge is 0.157 e. The summed E-state index contributed by atoms with van der Waals surface area (Å²) in [6.45, 7) is 2.51. The summed E-state index contributed by atoms with van der Waals surface area (Å²) >= 11 is 0. The molecule has 1 N–H and O–H groups in total. The molecule has 4 heteroatoms. The van der Waals surface area contributed by atoms with Crippen LogP contribution in [0, 0.1) is 6.92 Å². The number of aryl methyl sites for hydroxylation is 1. The number of aliphatic imine (C=N–C) groups is 1. The molecular weight excluding hydrogens is 226 g/mol. The predicted molar refractivity (Wildman–Crippen MR) is 72.8 cm³/mol. The van der Waals surface area contributed by atoms with Gasteiger partial charge < -0.3 is 5.11 Å². The minimum Gasteiger partial charge on any atom is -0.504 e. The van der Waals surface area contributed by atoms with Gasteiger partial charge in [-0.3, -0.25) is 9.56 Å². The van der Waals surface area contributed by atoms with Crippen molar-refractivity contribution in [2.45, 2.75) is 6.92 Å². The predicted octanol–water partition coefficient (Wildman–Crippen LogP) is 2.71. The zero-order chi connectivity index (χ0) is 12.5. The Hall–Kier alpha value is -2.36. The van der Waals surface area contributed by atoms with E-state index in [2.05, 4.69) is 9.98 Å². The number of nitrogens with zero attached hydrogens (tertiary/aromatic N) is 3. The van der Waals surface area contributed by atoms with Gasteiger partial charge in [-0.2, -0.15) is 0 Å². The SMILES string of the molecule is Cc1nc2ccccc2n1C1=C(O)C=NCC=C1. The molecule has 0 spiro atoms. The number of aliphatic hydroxyl groups is 1. The van der Waals surface area contributed by atoms with Crippen LogP contribution in [-0.4, -0.2) is 27.4 Å². The second-order valence-electron chi connectivity index (χ2n) is 4.15. The highest BCUT2D eigenvalue weighted by molar-refractivity contribution is 5.91. The van der Waals surface area contributed by atoms with Crippen LogP contribution >= 0.6 is 0 Å². The monoisotopic (exact) mass is 239 g/mol. The van der Waals surface area contributed by atoms with E-state index in [1.54, 1.807) is 0 Å². The normalized spacial score (nSPS) is 15.4. The Morgan fingerprint density at radius 3 is 3.00 bits per heavy atom. The zero-order valence-corrected chi connectivity index (χ0v) is 10.0. The lowest BCUT2D eigenvalue weighted by molar-refractivity contribution is 0.446. The van der Waals surface area contributed by atoms with Gasteiger partial charge in [-0.05, 0) is 25.1 Å². The molecule has 2 heterocycles. The number of hydrogen-bond donors (Lipinski definition) is 1. The number of rotatable bonds is 1. The van der Waals surface area contributed by atoms with Gasteiger partial charge in [0, 0.05) is 0 Å². The number of aromatic nitrogens is 2. The molecule has 1 aromatic heterocycles. The highest BCUT2D eigenvalue weighted by atomic mass is 16.3. The highest BCUT2D eigenvalue weighted by Crippen LogP contribution is 2.23. The summed E-state index contributed by atoms with van der Waals surface area (Å²) in [6, 6.07) is 7.88. The molecule has 0 bridgehead atoms. The van der Waals surface area contributed by atoms with E-state index >= 15 is 0 Å². The van der Waals surface area contributed by atoms with Crippen LogP contribution in [-0.2, 0) is 0 Å². The average Bonchev–Trinajstić information content (AvgIpc) is 2.55. The molecule has 0 radical (unpaired) electrons. The first-order valence-electron chi connectivity index (χ1n) is 5.81. The van der Waals surface area contributed by atoms with E-state index in [1.807, 2.05) is 47.9 Å². The third-order valence-electron chi connectivity index (χ3n) is 2.93. The van der Waals surface area contributed by atoms with Gasteiger partial charge in [0.05, 0.1) is 29.5 Å². The molecule has 1 aromatic carbocycles. The third-order valence-corrected chi connectivity index (χ3v) is 2.93. The summed E-state index contributed by atoms with van der Waals surface area (Å²) in [4.78, 5) is 8.56. The molecule has 0 atom stereocenters. The van der Waals surface area contributed by atoms with Crippen LogP contribution in [0.25, 0.3) is 16.7 Å². The first kappa shape index (κ1) is 10.8. The fraction of sp³-hybridized carbons (Fsp3) is 0.143. The van der Waals surface area contributed by atoms with Crippen molar-refractivity contribution in [2.24, 2.45) is 4.99 Å². The van der Waals surface area contributed by atoms with E-state index in [9.17, 15) is 5.11 Å². The van der Waals surface area contributed by atoms with E-state index in [0.717, 1.165) is 16.9 Å². The van der Waals surface area contributed by atoms with Gasteiger partial charge in [0.2, 0.25) is 0 Å². The van der Waals surface area contributed by atoms with Crippen molar-refractivity contribution in [3.05, 3.63) is 48.0 Å². The Morgan fingerprint density at radius 1 is 1.28 bits per heavy atom. The lowest BCUT2D eigenvalue weighted by atomic mass is 10.3. The summed E-state index contributed by atoms with van der Waals surface area (Å²) in [5.41, 5.74) is 2.61. The van der Waals surface area contributed by atoms with Gasteiger partial charge in [0.15, 0.2) is 5.76 Å². The number of benzene rings is 1. The maximum absolute atomic E-state index is 10.0. The van der Waals surface area contributed by atoms with Gasteiger partial charge in [-0.15, -0.1) is 0 Å². The Bertz CT molecular complexity index is 692. The minimum atomic E-state index is 0.162. The molecule has 18 heavy (non-hydrogen) atoms. The minimum absolute atomic E-state index is 0.162. The number of fused-ring (bicyclic) bond motifs is 1. The standard InChI is InChI=1S/C14H13N3O/c1-10-16-11-5-2-3-6-12(11)17(10)13-7-4-8-15-9-14(13)18/h2-7,9,18H,8H2,1H3. The maximum Gasteiger partial charge on any atom is 0.157 e. The zero-order valence-electron chi connectivity index (χ0n) is 10.0. The van der Waals surface area contributed by atoms with Crippen LogP contribution in [0.2, 0.25) is 0 Å². The molecule has 0 amide bonds. The number of hydrogen-bond acceptors (Lipinski definition) is 3. The highest BCUT2D eigenvalue weighted by Gasteiger charge is 2.12. The lowest BCUT2D eigenvalue weighted by Gasteiger charge is -2.08. The molecule has 2 aromatic rings. The van der Waals surface area contributed by atoms with Gasteiger partial charge in [-0.1, -0.05) is 18.2 Å². The van der Waals surface area contributed by atoms with Gasteiger partial charge in [0.1, 0.15) is 5.82 Å². The quantitative estimate of drug-likeness (QED) is 0.831. The fourth-order valence-corrected chi connectivity index (χ4v) is 2.16. The second-order valence-corrected chi connectivity index (χ2v) is 4.15. The first-order valence-corrected chi connectivity index (χ1v) is 5.81. The van der Waals surface area contributed by atoms with Crippen LogP contribution in [0.5, 0.6) is 0 Å². The van der Waals surface area contributed by atoms with Crippen molar-refractivity contribution >= 4 is 22.9 Å². The van der Waals surface area contributed by atoms with Crippen LogP contribution < -0.4 is 0 Å². The summed E-state index contributed by atoms with van der Waals surface area (Å²) in [6.07, 6.45) is 5.29. The van der Waals surface area contributed by atoms with E-state index < -0.39 is 0 Å². The molecule has 4 nitrogen and oxygen atoms in total. The van der Waals surface area contributed by atoms with Crippen molar-refractivity contribution in [3.8, 4) is 0 Å².